The summed E-state index contributed by atoms with van der Waals surface area (Å²) in [5.74, 6) is 0.761. The first kappa shape index (κ1) is 9.56. The first-order valence-electron chi connectivity index (χ1n) is 4.74. The summed E-state index contributed by atoms with van der Waals surface area (Å²) in [6.07, 6.45) is 1.52. The normalized spacial score (nSPS) is 35.8. The van der Waals surface area contributed by atoms with Crippen LogP contribution in [0.25, 0.3) is 0 Å². The molecule has 0 aromatic heterocycles. The van der Waals surface area contributed by atoms with Crippen molar-refractivity contribution in [1.29, 1.82) is 0 Å². The number of hydrogen-bond donors (Lipinski definition) is 0. The predicted octanol–water partition coefficient (Wildman–Crippen LogP) is 2.37. The van der Waals surface area contributed by atoms with E-state index in [-0.39, 0.29) is 11.6 Å². The summed E-state index contributed by atoms with van der Waals surface area (Å²) in [6, 6.07) is 0. The Morgan fingerprint density at radius 2 is 2.25 bits per heavy atom. The van der Waals surface area contributed by atoms with Crippen molar-refractivity contribution in [2.24, 2.45) is 11.8 Å². The van der Waals surface area contributed by atoms with E-state index >= 15 is 0 Å². The largest absolute Gasteiger partial charge is 0.458 e. The minimum atomic E-state index is -0.183. The van der Waals surface area contributed by atoms with E-state index in [0.717, 1.165) is 6.42 Å². The van der Waals surface area contributed by atoms with Crippen molar-refractivity contribution >= 4 is 5.97 Å². The maximum atomic E-state index is 11.1. The van der Waals surface area contributed by atoms with Crippen molar-refractivity contribution in [2.75, 3.05) is 0 Å². The molecular formula is C10H18O2. The van der Waals surface area contributed by atoms with Gasteiger partial charge in [0.25, 0.3) is 0 Å². The molecule has 1 fully saturated rings. The van der Waals surface area contributed by atoms with Crippen LogP contribution in [0.2, 0.25) is 0 Å². The van der Waals surface area contributed by atoms with E-state index in [2.05, 4.69) is 27.7 Å². The zero-order chi connectivity index (χ0) is 9.35. The topological polar surface area (TPSA) is 26.3 Å². The maximum Gasteiger partial charge on any atom is 0.306 e. The van der Waals surface area contributed by atoms with Gasteiger partial charge in [-0.3, -0.25) is 4.79 Å². The summed E-state index contributed by atoms with van der Waals surface area (Å²) in [7, 11) is 0. The Morgan fingerprint density at radius 1 is 1.67 bits per heavy atom. The molecule has 1 aliphatic rings. The van der Waals surface area contributed by atoms with Crippen molar-refractivity contribution in [1.82, 2.24) is 0 Å². The van der Waals surface area contributed by atoms with Crippen LogP contribution < -0.4 is 0 Å². The van der Waals surface area contributed by atoms with Crippen molar-refractivity contribution in [2.45, 2.75) is 46.1 Å². The molecule has 0 unspecified atom stereocenters. The Morgan fingerprint density at radius 3 is 2.42 bits per heavy atom. The van der Waals surface area contributed by atoms with Crippen LogP contribution in [-0.4, -0.2) is 11.6 Å². The highest BCUT2D eigenvalue weighted by molar-refractivity contribution is 5.72. The smallest absolute Gasteiger partial charge is 0.306 e. The standard InChI is InChI=1S/C10H18O2/c1-5-10(7(2)3)8(4)6-9(11)12-10/h7-8H,5-6H2,1-4H3/t8-,10+/m1/s1. The van der Waals surface area contributed by atoms with Crippen LogP contribution >= 0.6 is 0 Å². The molecule has 0 bridgehead atoms. The Balaban J connectivity index is 2.86. The van der Waals surface area contributed by atoms with Gasteiger partial charge in [0.15, 0.2) is 0 Å². The van der Waals surface area contributed by atoms with Gasteiger partial charge in [-0.05, 0) is 12.3 Å². The predicted molar refractivity (Wildman–Crippen MR) is 47.7 cm³/mol. The summed E-state index contributed by atoms with van der Waals surface area (Å²) in [6.45, 7) is 8.45. The van der Waals surface area contributed by atoms with Crippen molar-refractivity contribution in [3.05, 3.63) is 0 Å². The summed E-state index contributed by atoms with van der Waals surface area (Å²) in [5, 5.41) is 0. The molecule has 0 aromatic rings. The SMILES string of the molecule is CC[C@@]1(C(C)C)OC(=O)C[C@H]1C. The van der Waals surface area contributed by atoms with Gasteiger partial charge in [-0.2, -0.15) is 0 Å². The minimum Gasteiger partial charge on any atom is -0.458 e. The van der Waals surface area contributed by atoms with Crippen molar-refractivity contribution < 1.29 is 9.53 Å². The van der Waals surface area contributed by atoms with Crippen LogP contribution in [0.1, 0.15) is 40.5 Å². The number of carbonyl (C=O) groups excluding carboxylic acids is 1. The Kier molecular flexibility index (Phi) is 2.45. The quantitative estimate of drug-likeness (QED) is 0.595. The molecule has 0 spiro atoms. The molecule has 2 heteroatoms. The average molecular weight is 170 g/mol. The molecule has 12 heavy (non-hydrogen) atoms. The number of carbonyl (C=O) groups is 1. The molecule has 0 aromatic carbocycles. The van der Waals surface area contributed by atoms with E-state index in [1.807, 2.05) is 0 Å². The van der Waals surface area contributed by atoms with Crippen LogP contribution in [0, 0.1) is 11.8 Å². The molecule has 0 aliphatic carbocycles. The van der Waals surface area contributed by atoms with Crippen LogP contribution in [0.15, 0.2) is 0 Å². The van der Waals surface area contributed by atoms with Gasteiger partial charge < -0.3 is 4.74 Å². The molecule has 1 rings (SSSR count). The van der Waals surface area contributed by atoms with Gasteiger partial charge in [0, 0.05) is 5.92 Å². The van der Waals surface area contributed by atoms with Crippen LogP contribution in [-0.2, 0) is 9.53 Å². The number of esters is 1. The highest BCUT2D eigenvalue weighted by Crippen LogP contribution is 2.41. The molecule has 1 heterocycles. The van der Waals surface area contributed by atoms with E-state index in [1.54, 1.807) is 0 Å². The second kappa shape index (κ2) is 3.08. The molecule has 1 saturated heterocycles. The van der Waals surface area contributed by atoms with Gasteiger partial charge in [-0.15, -0.1) is 0 Å². The van der Waals surface area contributed by atoms with Crippen LogP contribution in [0.3, 0.4) is 0 Å². The number of ether oxygens (including phenoxy) is 1. The number of rotatable bonds is 2. The summed E-state index contributed by atoms with van der Waals surface area (Å²) < 4.78 is 5.43. The van der Waals surface area contributed by atoms with Gasteiger partial charge >= 0.3 is 5.97 Å². The Hall–Kier alpha value is -0.530. The number of hydrogen-bond acceptors (Lipinski definition) is 2. The van der Waals surface area contributed by atoms with E-state index in [4.69, 9.17) is 4.74 Å². The van der Waals surface area contributed by atoms with Crippen LogP contribution in [0.4, 0.5) is 0 Å². The minimum absolute atomic E-state index is 0.0296. The summed E-state index contributed by atoms with van der Waals surface area (Å²) in [4.78, 5) is 11.1. The number of cyclic esters (lactones) is 1. The molecule has 70 valence electrons. The lowest BCUT2D eigenvalue weighted by Crippen LogP contribution is -2.39. The molecule has 1 aliphatic heterocycles. The molecular weight excluding hydrogens is 152 g/mol. The van der Waals surface area contributed by atoms with Crippen molar-refractivity contribution in [3.63, 3.8) is 0 Å². The first-order chi connectivity index (χ1) is 5.53. The lowest BCUT2D eigenvalue weighted by Gasteiger charge is -2.34. The summed E-state index contributed by atoms with van der Waals surface area (Å²) >= 11 is 0. The van der Waals surface area contributed by atoms with Gasteiger partial charge in [0.05, 0.1) is 6.42 Å². The lowest BCUT2D eigenvalue weighted by atomic mass is 9.78. The molecule has 2 nitrogen and oxygen atoms in total. The Bertz CT molecular complexity index is 186. The van der Waals surface area contributed by atoms with E-state index < -0.39 is 0 Å². The second-order valence-electron chi connectivity index (χ2n) is 4.04. The lowest BCUT2D eigenvalue weighted by molar-refractivity contribution is -0.154. The van der Waals surface area contributed by atoms with Gasteiger partial charge in [0.1, 0.15) is 5.60 Å². The van der Waals surface area contributed by atoms with Gasteiger partial charge in [-0.25, -0.2) is 0 Å². The monoisotopic (exact) mass is 170 g/mol. The Labute approximate surface area is 74.3 Å². The molecule has 0 radical (unpaired) electrons. The molecule has 0 amide bonds. The molecule has 2 atom stereocenters. The third-order valence-electron chi connectivity index (χ3n) is 3.14. The summed E-state index contributed by atoms with van der Waals surface area (Å²) in [5.41, 5.74) is -0.183. The molecule has 0 N–H and O–H groups in total. The molecule has 0 saturated carbocycles. The fourth-order valence-corrected chi connectivity index (χ4v) is 2.29. The second-order valence-corrected chi connectivity index (χ2v) is 4.04. The van der Waals surface area contributed by atoms with Crippen molar-refractivity contribution in [3.8, 4) is 0 Å². The van der Waals surface area contributed by atoms with Gasteiger partial charge in [0.2, 0.25) is 0 Å². The van der Waals surface area contributed by atoms with E-state index in [9.17, 15) is 4.79 Å². The average Bonchev–Trinajstić information content (AvgIpc) is 2.26. The highest BCUT2D eigenvalue weighted by atomic mass is 16.6. The van der Waals surface area contributed by atoms with Crippen LogP contribution in [0.5, 0.6) is 0 Å². The maximum absolute atomic E-state index is 11.1. The van der Waals surface area contributed by atoms with E-state index in [1.165, 1.54) is 0 Å². The van der Waals surface area contributed by atoms with E-state index in [0.29, 0.717) is 18.3 Å². The van der Waals surface area contributed by atoms with Gasteiger partial charge in [-0.1, -0.05) is 27.7 Å². The zero-order valence-corrected chi connectivity index (χ0v) is 8.39. The fourth-order valence-electron chi connectivity index (χ4n) is 2.29. The third kappa shape index (κ3) is 1.23. The zero-order valence-electron chi connectivity index (χ0n) is 8.39. The first-order valence-corrected chi connectivity index (χ1v) is 4.74. The fraction of sp³-hybridized carbons (Fsp3) is 0.900. The highest BCUT2D eigenvalue weighted by Gasteiger charge is 2.47. The third-order valence-corrected chi connectivity index (χ3v) is 3.14.